The average Bonchev–Trinajstić information content (AvgIpc) is 2.86. The Hall–Kier alpha value is -2.53. The zero-order valence-electron chi connectivity index (χ0n) is 14.2. The molecule has 0 atom stereocenters. The van der Waals surface area contributed by atoms with Crippen LogP contribution in [0.4, 0.5) is 11.4 Å². The second-order valence-electron chi connectivity index (χ2n) is 6.85. The lowest BCUT2D eigenvalue weighted by Crippen LogP contribution is -2.49. The number of amides is 1. The normalized spacial score (nSPS) is 18.3. The molecule has 0 aromatic heterocycles. The van der Waals surface area contributed by atoms with Gasteiger partial charge in [0.05, 0.1) is 5.41 Å². The zero-order chi connectivity index (χ0) is 18.3. The molecule has 6 heteroatoms. The number of nitrogens with zero attached hydrogens (tertiary/aromatic N) is 2. The van der Waals surface area contributed by atoms with Crippen LogP contribution in [0.2, 0.25) is 5.02 Å². The van der Waals surface area contributed by atoms with Crippen molar-refractivity contribution < 1.29 is 14.7 Å². The van der Waals surface area contributed by atoms with Crippen LogP contribution in [0.5, 0.6) is 0 Å². The van der Waals surface area contributed by atoms with Gasteiger partial charge < -0.3 is 14.9 Å². The summed E-state index contributed by atoms with van der Waals surface area (Å²) in [6, 6.07) is 15.3. The predicted molar refractivity (Wildman–Crippen MR) is 101 cm³/mol. The molecule has 2 aromatic rings. The lowest BCUT2D eigenvalue weighted by atomic mass is 9.73. The van der Waals surface area contributed by atoms with Gasteiger partial charge in [0.2, 0.25) is 5.91 Å². The third-order valence-electron chi connectivity index (χ3n) is 5.47. The highest BCUT2D eigenvalue weighted by atomic mass is 35.5. The maximum atomic E-state index is 13.2. The Bertz CT molecular complexity index is 858. The minimum Gasteiger partial charge on any atom is -0.480 e. The molecule has 0 bridgehead atoms. The third kappa shape index (κ3) is 2.63. The number of aliphatic carboxylic acids is 1. The van der Waals surface area contributed by atoms with Crippen LogP contribution in [0.15, 0.2) is 48.5 Å². The van der Waals surface area contributed by atoms with Gasteiger partial charge in [0.1, 0.15) is 6.54 Å². The molecule has 1 amide bonds. The number of carboxylic acids is 1. The minimum absolute atomic E-state index is 0.0862. The van der Waals surface area contributed by atoms with Gasteiger partial charge in [-0.15, -0.1) is 0 Å². The van der Waals surface area contributed by atoms with Gasteiger partial charge in [0.15, 0.2) is 0 Å². The molecule has 2 heterocycles. The Kier molecular flexibility index (Phi) is 4.11. The SMILES string of the molecule is O=C(O)CN1C(=O)C2(CCN(c3ccc(Cl)cc3)CC2)c2ccccc21. The molecule has 4 rings (SSSR count). The number of carbonyl (C=O) groups excluding carboxylic acids is 1. The molecule has 1 fully saturated rings. The molecule has 0 unspecified atom stereocenters. The van der Waals surface area contributed by atoms with Crippen molar-refractivity contribution in [1.82, 2.24) is 0 Å². The summed E-state index contributed by atoms with van der Waals surface area (Å²) in [5.74, 6) is -1.08. The van der Waals surface area contributed by atoms with E-state index in [0.29, 0.717) is 17.9 Å². The molecule has 5 nitrogen and oxygen atoms in total. The van der Waals surface area contributed by atoms with Crippen LogP contribution in [0.25, 0.3) is 0 Å². The number of halogens is 1. The maximum absolute atomic E-state index is 13.2. The van der Waals surface area contributed by atoms with Gasteiger partial charge in [-0.05, 0) is 48.7 Å². The number of fused-ring (bicyclic) bond motifs is 2. The molecule has 2 aromatic carbocycles. The molecule has 2 aliphatic heterocycles. The first-order valence-electron chi connectivity index (χ1n) is 8.65. The fourth-order valence-corrected chi connectivity index (χ4v) is 4.30. The van der Waals surface area contributed by atoms with Crippen molar-refractivity contribution in [1.29, 1.82) is 0 Å². The lowest BCUT2D eigenvalue weighted by Gasteiger charge is -2.39. The van der Waals surface area contributed by atoms with Crippen molar-refractivity contribution in [3.63, 3.8) is 0 Å². The number of hydrogen-bond donors (Lipinski definition) is 1. The zero-order valence-corrected chi connectivity index (χ0v) is 14.9. The topological polar surface area (TPSA) is 60.9 Å². The smallest absolute Gasteiger partial charge is 0.323 e. The standard InChI is InChI=1S/C20H19ClN2O3/c21-14-5-7-15(8-6-14)22-11-9-20(10-12-22)16-3-1-2-4-17(16)23(19(20)26)13-18(24)25/h1-8H,9-13H2,(H,24,25). The van der Waals surface area contributed by atoms with Crippen molar-refractivity contribution in [2.75, 3.05) is 29.4 Å². The highest BCUT2D eigenvalue weighted by Crippen LogP contribution is 2.48. The first-order chi connectivity index (χ1) is 12.5. The molecule has 134 valence electrons. The number of benzene rings is 2. The summed E-state index contributed by atoms with van der Waals surface area (Å²) in [5, 5.41) is 9.90. The van der Waals surface area contributed by atoms with Gasteiger partial charge in [-0.3, -0.25) is 9.59 Å². The molecule has 0 aliphatic carbocycles. The van der Waals surface area contributed by atoms with E-state index in [4.69, 9.17) is 11.6 Å². The van der Waals surface area contributed by atoms with Crippen LogP contribution < -0.4 is 9.80 Å². The van der Waals surface area contributed by atoms with Gasteiger partial charge in [-0.25, -0.2) is 0 Å². The van der Waals surface area contributed by atoms with Crippen LogP contribution in [-0.2, 0) is 15.0 Å². The second kappa shape index (κ2) is 6.32. The summed E-state index contributed by atoms with van der Waals surface area (Å²) in [6.07, 6.45) is 1.34. The quantitative estimate of drug-likeness (QED) is 0.900. The van der Waals surface area contributed by atoms with E-state index in [1.807, 2.05) is 48.5 Å². The number of hydrogen-bond acceptors (Lipinski definition) is 3. The van der Waals surface area contributed by atoms with Gasteiger partial charge in [-0.2, -0.15) is 0 Å². The predicted octanol–water partition coefficient (Wildman–Crippen LogP) is 3.31. The Labute approximate surface area is 156 Å². The van der Waals surface area contributed by atoms with E-state index in [2.05, 4.69) is 4.90 Å². The van der Waals surface area contributed by atoms with Crippen LogP contribution in [0, 0.1) is 0 Å². The Morgan fingerprint density at radius 2 is 1.73 bits per heavy atom. The first kappa shape index (κ1) is 16.9. The van der Waals surface area contributed by atoms with E-state index >= 15 is 0 Å². The van der Waals surface area contributed by atoms with Crippen LogP contribution >= 0.6 is 11.6 Å². The largest absolute Gasteiger partial charge is 0.480 e. The van der Waals surface area contributed by atoms with Crippen molar-refractivity contribution in [2.45, 2.75) is 18.3 Å². The summed E-state index contributed by atoms with van der Waals surface area (Å²) < 4.78 is 0. The van der Waals surface area contributed by atoms with E-state index < -0.39 is 11.4 Å². The number of para-hydroxylation sites is 1. The van der Waals surface area contributed by atoms with Crippen molar-refractivity contribution >= 4 is 34.9 Å². The Morgan fingerprint density at radius 3 is 2.38 bits per heavy atom. The third-order valence-corrected chi connectivity index (χ3v) is 5.72. The summed E-state index contributed by atoms with van der Waals surface area (Å²) in [6.45, 7) is 1.18. The molecule has 0 saturated carbocycles. The fourth-order valence-electron chi connectivity index (χ4n) is 4.17. The molecular weight excluding hydrogens is 352 g/mol. The van der Waals surface area contributed by atoms with Crippen molar-refractivity contribution in [3.8, 4) is 0 Å². The van der Waals surface area contributed by atoms with Gasteiger partial charge in [-0.1, -0.05) is 29.8 Å². The van der Waals surface area contributed by atoms with E-state index in [0.717, 1.165) is 30.0 Å². The second-order valence-corrected chi connectivity index (χ2v) is 7.28. The molecule has 1 N–H and O–H groups in total. The number of anilines is 2. The van der Waals surface area contributed by atoms with Crippen LogP contribution in [0.3, 0.4) is 0 Å². The molecule has 1 saturated heterocycles. The molecule has 26 heavy (non-hydrogen) atoms. The summed E-state index contributed by atoms with van der Waals surface area (Å²) >= 11 is 5.97. The average molecular weight is 371 g/mol. The van der Waals surface area contributed by atoms with Crippen molar-refractivity contribution in [2.24, 2.45) is 0 Å². The van der Waals surface area contributed by atoms with E-state index in [-0.39, 0.29) is 12.5 Å². The number of piperidine rings is 1. The molecule has 2 aliphatic rings. The summed E-state index contributed by atoms with van der Waals surface area (Å²) in [4.78, 5) is 28.1. The lowest BCUT2D eigenvalue weighted by molar-refractivity contribution is -0.137. The fraction of sp³-hybridized carbons (Fsp3) is 0.300. The van der Waals surface area contributed by atoms with Gasteiger partial charge in [0.25, 0.3) is 0 Å². The minimum atomic E-state index is -0.996. The van der Waals surface area contributed by atoms with Crippen molar-refractivity contribution in [3.05, 3.63) is 59.1 Å². The Morgan fingerprint density at radius 1 is 1.08 bits per heavy atom. The summed E-state index contributed by atoms with van der Waals surface area (Å²) in [7, 11) is 0. The number of carbonyl (C=O) groups is 2. The highest BCUT2D eigenvalue weighted by molar-refractivity contribution is 6.30. The highest BCUT2D eigenvalue weighted by Gasteiger charge is 2.52. The number of carboxylic acid groups (broad SMARTS) is 1. The molecule has 0 radical (unpaired) electrons. The summed E-state index contributed by atoms with van der Waals surface area (Å²) in [5.41, 5.74) is 2.17. The maximum Gasteiger partial charge on any atom is 0.323 e. The molecule has 1 spiro atoms. The monoisotopic (exact) mass is 370 g/mol. The van der Waals surface area contributed by atoms with Gasteiger partial charge >= 0.3 is 5.97 Å². The van der Waals surface area contributed by atoms with Crippen LogP contribution in [0.1, 0.15) is 18.4 Å². The first-order valence-corrected chi connectivity index (χ1v) is 9.03. The van der Waals surface area contributed by atoms with E-state index in [9.17, 15) is 14.7 Å². The Balaban J connectivity index is 1.62. The molecular formula is C20H19ClN2O3. The van der Waals surface area contributed by atoms with Crippen LogP contribution in [-0.4, -0.2) is 36.6 Å². The van der Waals surface area contributed by atoms with E-state index in [1.54, 1.807) is 0 Å². The number of rotatable bonds is 3. The van der Waals surface area contributed by atoms with Gasteiger partial charge in [0, 0.05) is 29.5 Å². The van der Waals surface area contributed by atoms with E-state index in [1.165, 1.54) is 4.90 Å².